The van der Waals surface area contributed by atoms with Crippen molar-refractivity contribution in [2.75, 3.05) is 59.0 Å². The molecule has 1 atom stereocenters. The predicted octanol–water partition coefficient (Wildman–Crippen LogP) is 10.9. The molecule has 1 rings (SSSR count). The number of nitrogens with zero attached hydrogens (tertiary/aromatic N) is 1. The molecule has 1 amide bonds. The van der Waals surface area contributed by atoms with Crippen molar-refractivity contribution in [3.63, 3.8) is 0 Å². The molecule has 0 aromatic carbocycles. The second-order valence-corrected chi connectivity index (χ2v) is 16.7. The predicted molar refractivity (Wildman–Crippen MR) is 244 cm³/mol. The molecule has 58 heavy (non-hydrogen) atoms. The van der Waals surface area contributed by atoms with Gasteiger partial charge in [-0.25, -0.2) is 4.79 Å². The van der Waals surface area contributed by atoms with E-state index in [0.717, 1.165) is 84.2 Å². The Labute approximate surface area is 357 Å². The van der Waals surface area contributed by atoms with Crippen molar-refractivity contribution in [1.29, 1.82) is 0 Å². The summed E-state index contributed by atoms with van der Waals surface area (Å²) in [5.74, 6) is -1.02. The highest BCUT2D eigenvalue weighted by molar-refractivity contribution is 5.86. The Balaban J connectivity index is 2.28. The number of amides is 1. The summed E-state index contributed by atoms with van der Waals surface area (Å²) in [6, 6.07) is -0.867. The van der Waals surface area contributed by atoms with E-state index in [9.17, 15) is 14.4 Å². The number of nitrogens with one attached hydrogen (secondary N) is 3. The lowest BCUT2D eigenvalue weighted by molar-refractivity contribution is -0.149. The van der Waals surface area contributed by atoms with Crippen LogP contribution in [0.5, 0.6) is 0 Å². The fourth-order valence-electron chi connectivity index (χ4n) is 7.36. The largest absolute Gasteiger partial charge is 0.466 e. The minimum Gasteiger partial charge on any atom is -0.466 e. The van der Waals surface area contributed by atoms with Crippen molar-refractivity contribution >= 4 is 17.8 Å². The summed E-state index contributed by atoms with van der Waals surface area (Å²) in [4.78, 5) is 41.0. The van der Waals surface area contributed by atoms with Crippen LogP contribution in [0.2, 0.25) is 0 Å². The molecule has 338 valence electrons. The van der Waals surface area contributed by atoms with E-state index >= 15 is 0 Å². The molecule has 0 aliphatic carbocycles. The van der Waals surface area contributed by atoms with Gasteiger partial charge in [0, 0.05) is 45.7 Å². The second-order valence-electron chi connectivity index (χ2n) is 16.7. The molecule has 0 bridgehead atoms. The molecule has 0 radical (unpaired) electrons. The third kappa shape index (κ3) is 36.8. The third-order valence-electron chi connectivity index (χ3n) is 11.1. The van der Waals surface area contributed by atoms with Gasteiger partial charge < -0.3 is 25.4 Å². The molecule has 1 unspecified atom stereocenters. The average molecular weight is 817 g/mol. The van der Waals surface area contributed by atoms with Crippen LogP contribution in [0, 0.1) is 0 Å². The van der Waals surface area contributed by atoms with Crippen LogP contribution in [-0.4, -0.2) is 87.8 Å². The highest BCUT2D eigenvalue weighted by atomic mass is 16.5. The lowest BCUT2D eigenvalue weighted by Gasteiger charge is -2.23. The number of carbonyl (C=O) groups is 3. The van der Waals surface area contributed by atoms with Crippen molar-refractivity contribution < 1.29 is 23.9 Å². The monoisotopic (exact) mass is 817 g/mol. The quantitative estimate of drug-likeness (QED) is 0.0320. The Morgan fingerprint density at radius 2 is 0.931 bits per heavy atom. The molecule has 1 saturated heterocycles. The number of ether oxygens (including phenoxy) is 2. The molecule has 0 aromatic heterocycles. The van der Waals surface area contributed by atoms with Gasteiger partial charge in [0.05, 0.1) is 19.8 Å². The lowest BCUT2D eigenvalue weighted by Crippen LogP contribution is -2.48. The van der Waals surface area contributed by atoms with Crippen LogP contribution in [0.25, 0.3) is 0 Å². The molecule has 1 heterocycles. The van der Waals surface area contributed by atoms with Crippen molar-refractivity contribution in [1.82, 2.24) is 20.9 Å². The third-order valence-corrected chi connectivity index (χ3v) is 11.1. The Morgan fingerprint density at radius 1 is 0.534 bits per heavy atom. The van der Waals surface area contributed by atoms with Crippen molar-refractivity contribution in [2.45, 2.75) is 213 Å². The summed E-state index contributed by atoms with van der Waals surface area (Å²) in [6.07, 6.45) is 44.0. The minimum atomic E-state index is -0.867. The summed E-state index contributed by atoms with van der Waals surface area (Å²) in [7, 11) is 0. The maximum atomic E-state index is 13.2. The Kier molecular flexibility index (Phi) is 39.8. The zero-order valence-corrected chi connectivity index (χ0v) is 38.0. The van der Waals surface area contributed by atoms with E-state index in [1.807, 2.05) is 0 Å². The lowest BCUT2D eigenvalue weighted by atomic mass is 10.1. The number of unbranched alkanes of at least 4 members (excludes halogenated alkanes) is 24. The maximum absolute atomic E-state index is 13.2. The van der Waals surface area contributed by atoms with Gasteiger partial charge in [-0.2, -0.15) is 0 Å². The molecule has 1 fully saturated rings. The normalized spacial score (nSPS) is 14.7. The van der Waals surface area contributed by atoms with E-state index in [2.05, 4.69) is 59.0 Å². The smallest absolute Gasteiger partial charge is 0.328 e. The summed E-state index contributed by atoms with van der Waals surface area (Å²) < 4.78 is 11.2. The van der Waals surface area contributed by atoms with Gasteiger partial charge in [-0.1, -0.05) is 154 Å². The Morgan fingerprint density at radius 3 is 1.38 bits per heavy atom. The molecule has 1 aliphatic rings. The first-order chi connectivity index (χ1) is 28.6. The van der Waals surface area contributed by atoms with Crippen LogP contribution in [-0.2, 0) is 23.9 Å². The van der Waals surface area contributed by atoms with Crippen molar-refractivity contribution in [2.24, 2.45) is 0 Å². The van der Waals surface area contributed by atoms with Gasteiger partial charge in [0.2, 0.25) is 5.91 Å². The zero-order chi connectivity index (χ0) is 41.8. The molecule has 9 heteroatoms. The maximum Gasteiger partial charge on any atom is 0.328 e. The number of carbonyl (C=O) groups excluding carboxylic acids is 3. The van der Waals surface area contributed by atoms with Gasteiger partial charge in [0.15, 0.2) is 0 Å². The summed E-state index contributed by atoms with van der Waals surface area (Å²) >= 11 is 0. The number of hydrogen-bond donors (Lipinski definition) is 3. The summed E-state index contributed by atoms with van der Waals surface area (Å²) in [5, 5.41) is 9.63. The number of hydrogen-bond acceptors (Lipinski definition) is 8. The van der Waals surface area contributed by atoms with Crippen LogP contribution in [0.4, 0.5) is 0 Å². The van der Waals surface area contributed by atoms with Crippen LogP contribution in [0.15, 0.2) is 24.3 Å². The molecule has 0 aromatic rings. The highest BCUT2D eigenvalue weighted by Crippen LogP contribution is 2.13. The van der Waals surface area contributed by atoms with Crippen LogP contribution >= 0.6 is 0 Å². The van der Waals surface area contributed by atoms with Crippen LogP contribution in [0.3, 0.4) is 0 Å². The fraction of sp³-hybridized carbons (Fsp3) is 0.857. The van der Waals surface area contributed by atoms with E-state index < -0.39 is 12.0 Å². The van der Waals surface area contributed by atoms with Gasteiger partial charge in [-0.05, 0) is 70.6 Å². The number of esters is 2. The molecule has 1 aliphatic heterocycles. The van der Waals surface area contributed by atoms with Gasteiger partial charge in [-0.3, -0.25) is 14.5 Å². The SMILES string of the molecule is CCCCCCCCC=CCCCCCCCCOC(=O)CCC(NC(=O)CN1CCNCCNCC1)C(=O)OCCCCCCCCC=CCCCCCCCC. The molecular weight excluding hydrogens is 725 g/mol. The van der Waals surface area contributed by atoms with Crippen molar-refractivity contribution in [3.8, 4) is 0 Å². The van der Waals surface area contributed by atoms with Crippen LogP contribution < -0.4 is 16.0 Å². The van der Waals surface area contributed by atoms with Gasteiger partial charge in [0.1, 0.15) is 6.04 Å². The van der Waals surface area contributed by atoms with E-state index in [1.54, 1.807) is 0 Å². The first-order valence-corrected chi connectivity index (χ1v) is 24.6. The summed E-state index contributed by atoms with van der Waals surface area (Å²) in [6.45, 7) is 10.4. The van der Waals surface area contributed by atoms with E-state index in [4.69, 9.17) is 9.47 Å². The first-order valence-electron chi connectivity index (χ1n) is 24.6. The van der Waals surface area contributed by atoms with E-state index in [-0.39, 0.29) is 31.3 Å². The zero-order valence-electron chi connectivity index (χ0n) is 38.0. The first kappa shape index (κ1) is 53.8. The number of rotatable bonds is 39. The molecule has 0 saturated carbocycles. The van der Waals surface area contributed by atoms with E-state index in [1.165, 1.54) is 135 Å². The number of allylic oxidation sites excluding steroid dienone is 4. The highest BCUT2D eigenvalue weighted by Gasteiger charge is 2.24. The second kappa shape index (κ2) is 42.9. The van der Waals surface area contributed by atoms with Gasteiger partial charge >= 0.3 is 11.9 Å². The topological polar surface area (TPSA) is 109 Å². The fourth-order valence-corrected chi connectivity index (χ4v) is 7.36. The average Bonchev–Trinajstić information content (AvgIpc) is 3.35. The van der Waals surface area contributed by atoms with Crippen LogP contribution in [0.1, 0.15) is 206 Å². The Bertz CT molecular complexity index is 996. The minimum absolute atomic E-state index is 0.0677. The van der Waals surface area contributed by atoms with Gasteiger partial charge in [-0.15, -0.1) is 0 Å². The van der Waals surface area contributed by atoms with Crippen molar-refractivity contribution in [3.05, 3.63) is 24.3 Å². The standard InChI is InChI=1S/C49H92N4O5/c1-3-5-7-9-11-13-15-17-19-21-23-25-27-29-31-33-43-57-48(55)36-35-46(52-47(54)45-53-41-39-50-37-38-51-40-42-53)49(56)58-44-34-32-30-28-26-24-22-20-18-16-14-12-10-8-6-4-2/h17-20,46,50-51H,3-16,21-45H2,1-2H3,(H,52,54). The molecule has 9 nitrogen and oxygen atoms in total. The molecule has 3 N–H and O–H groups in total. The Hall–Kier alpha value is -2.23. The van der Waals surface area contributed by atoms with E-state index in [0.29, 0.717) is 13.2 Å². The molecule has 0 spiro atoms. The van der Waals surface area contributed by atoms with Gasteiger partial charge in [0.25, 0.3) is 0 Å². The molecular formula is C49H92N4O5. The summed E-state index contributed by atoms with van der Waals surface area (Å²) in [5.41, 5.74) is 0.